The van der Waals surface area contributed by atoms with Gasteiger partial charge in [0.15, 0.2) is 11.4 Å². The molecule has 1 aromatic heterocycles. The maximum absolute atomic E-state index is 9.70. The van der Waals surface area contributed by atoms with Crippen molar-refractivity contribution in [2.75, 3.05) is 0 Å². The molecule has 1 unspecified atom stereocenters. The van der Waals surface area contributed by atoms with Crippen molar-refractivity contribution >= 4 is 17.3 Å². The van der Waals surface area contributed by atoms with Crippen LogP contribution < -0.4 is 0 Å². The van der Waals surface area contributed by atoms with Crippen LogP contribution in [0.25, 0.3) is 5.69 Å². The molecule has 0 amide bonds. The number of fused-ring (bicyclic) bond motifs is 3. The normalized spacial score (nSPS) is 14.4. The zero-order valence-electron chi connectivity index (χ0n) is 12.1. The van der Waals surface area contributed by atoms with Gasteiger partial charge < -0.3 is 5.11 Å². The molecule has 0 aliphatic carbocycles. The molecule has 2 aromatic carbocycles. The Morgan fingerprint density at radius 2 is 1.96 bits per heavy atom. The summed E-state index contributed by atoms with van der Waals surface area (Å²) in [4.78, 5) is 4.72. The van der Waals surface area contributed by atoms with Gasteiger partial charge in [0.05, 0.1) is 11.4 Å². The number of benzene rings is 2. The van der Waals surface area contributed by atoms with Gasteiger partial charge in [-0.2, -0.15) is 0 Å². The van der Waals surface area contributed by atoms with Crippen LogP contribution in [0.1, 0.15) is 28.1 Å². The summed E-state index contributed by atoms with van der Waals surface area (Å²) >= 11 is 5.84. The van der Waals surface area contributed by atoms with Crippen LogP contribution in [-0.4, -0.2) is 25.6 Å². The molecule has 0 radical (unpaired) electrons. The van der Waals surface area contributed by atoms with E-state index in [0.29, 0.717) is 12.1 Å². The van der Waals surface area contributed by atoms with Crippen molar-refractivity contribution in [3.8, 4) is 5.69 Å². The Labute approximate surface area is 137 Å². The molecule has 4 rings (SSSR count). The lowest BCUT2D eigenvalue weighted by Crippen LogP contribution is -2.08. The first kappa shape index (κ1) is 14.1. The number of rotatable bonds is 2. The van der Waals surface area contributed by atoms with E-state index >= 15 is 0 Å². The molecule has 0 saturated carbocycles. The highest BCUT2D eigenvalue weighted by atomic mass is 35.5. The fourth-order valence-corrected chi connectivity index (χ4v) is 2.88. The second-order valence-electron chi connectivity index (χ2n) is 5.26. The number of alkyl halides is 1. The summed E-state index contributed by atoms with van der Waals surface area (Å²) in [6.07, 6.45) is 1.68. The highest BCUT2D eigenvalue weighted by Gasteiger charge is 2.20. The van der Waals surface area contributed by atoms with Gasteiger partial charge in [0.2, 0.25) is 0 Å². The van der Waals surface area contributed by atoms with Crippen LogP contribution in [0.15, 0.2) is 59.9 Å². The van der Waals surface area contributed by atoms with E-state index in [-0.39, 0.29) is 0 Å². The summed E-state index contributed by atoms with van der Waals surface area (Å²) in [7, 11) is 0. The maximum atomic E-state index is 9.70. The third kappa shape index (κ3) is 2.44. The highest BCUT2D eigenvalue weighted by molar-refractivity contribution is 6.20. The van der Waals surface area contributed by atoms with Crippen molar-refractivity contribution in [1.29, 1.82) is 0 Å². The molecule has 2 heterocycles. The number of aliphatic hydroxyl groups is 1. The fraction of sp³-hybridized carbons (Fsp3) is 0.118. The first-order valence-corrected chi connectivity index (χ1v) is 7.63. The number of halogens is 1. The average Bonchev–Trinajstić information content (AvgIpc) is 2.98. The molecule has 114 valence electrons. The zero-order chi connectivity index (χ0) is 15.8. The van der Waals surface area contributed by atoms with E-state index < -0.39 is 5.56 Å². The standard InChI is InChI=1S/C17H13ClN4O/c18-17(23)12-6-7-14-13(8-12)16(11-4-2-1-3-5-11)19-9-15-21-20-10-22(14)15/h1-8,10,17,23H,9H2. The Kier molecular flexibility index (Phi) is 3.44. The number of hydrogen-bond donors (Lipinski definition) is 1. The minimum atomic E-state index is -1.05. The van der Waals surface area contributed by atoms with Crippen molar-refractivity contribution in [1.82, 2.24) is 14.8 Å². The van der Waals surface area contributed by atoms with Gasteiger partial charge in [-0.1, -0.05) is 48.0 Å². The smallest absolute Gasteiger partial charge is 0.159 e. The van der Waals surface area contributed by atoms with Gasteiger partial charge in [0.1, 0.15) is 12.9 Å². The second kappa shape index (κ2) is 5.61. The summed E-state index contributed by atoms with van der Waals surface area (Å²) in [6, 6.07) is 15.5. The Morgan fingerprint density at radius 1 is 1.13 bits per heavy atom. The van der Waals surface area contributed by atoms with Gasteiger partial charge >= 0.3 is 0 Å². The summed E-state index contributed by atoms with van der Waals surface area (Å²) in [5.41, 5.74) is 3.25. The zero-order valence-corrected chi connectivity index (χ0v) is 12.9. The molecule has 0 bridgehead atoms. The van der Waals surface area contributed by atoms with Crippen LogP contribution in [0.4, 0.5) is 0 Å². The predicted octanol–water partition coefficient (Wildman–Crippen LogP) is 2.85. The summed E-state index contributed by atoms with van der Waals surface area (Å²) < 4.78 is 1.92. The lowest BCUT2D eigenvalue weighted by Gasteiger charge is -2.14. The first-order chi connectivity index (χ1) is 11.2. The monoisotopic (exact) mass is 324 g/mol. The summed E-state index contributed by atoms with van der Waals surface area (Å²) in [5, 5.41) is 17.8. The van der Waals surface area contributed by atoms with Crippen LogP contribution in [0, 0.1) is 0 Å². The lowest BCUT2D eigenvalue weighted by molar-refractivity contribution is 0.263. The molecule has 0 fully saturated rings. The van der Waals surface area contributed by atoms with E-state index in [1.807, 2.05) is 47.0 Å². The number of hydrogen-bond acceptors (Lipinski definition) is 4. The van der Waals surface area contributed by atoms with Gasteiger partial charge in [-0.3, -0.25) is 9.56 Å². The van der Waals surface area contributed by atoms with Crippen LogP contribution in [0.3, 0.4) is 0 Å². The lowest BCUT2D eigenvalue weighted by atomic mass is 9.98. The van der Waals surface area contributed by atoms with Crippen molar-refractivity contribution in [2.24, 2.45) is 4.99 Å². The first-order valence-electron chi connectivity index (χ1n) is 7.19. The maximum Gasteiger partial charge on any atom is 0.159 e. The number of aliphatic hydroxyl groups excluding tert-OH is 1. The van der Waals surface area contributed by atoms with Gasteiger partial charge in [-0.05, 0) is 17.7 Å². The summed E-state index contributed by atoms with van der Waals surface area (Å²) in [5.74, 6) is 0.774. The molecule has 1 aliphatic heterocycles. The van der Waals surface area contributed by atoms with Gasteiger partial charge in [-0.25, -0.2) is 0 Å². The van der Waals surface area contributed by atoms with Gasteiger partial charge in [0.25, 0.3) is 0 Å². The molecular formula is C17H13ClN4O. The van der Waals surface area contributed by atoms with Gasteiger partial charge in [-0.15, -0.1) is 10.2 Å². The minimum absolute atomic E-state index is 0.442. The van der Waals surface area contributed by atoms with E-state index in [1.165, 1.54) is 0 Å². The van der Waals surface area contributed by atoms with E-state index in [1.54, 1.807) is 12.4 Å². The Morgan fingerprint density at radius 3 is 2.74 bits per heavy atom. The Bertz CT molecular complexity index is 887. The van der Waals surface area contributed by atoms with Crippen LogP contribution in [0.2, 0.25) is 0 Å². The molecule has 0 saturated heterocycles. The summed E-state index contributed by atoms with van der Waals surface area (Å²) in [6.45, 7) is 0.442. The molecule has 1 N–H and O–H groups in total. The molecule has 6 heteroatoms. The van der Waals surface area contributed by atoms with E-state index in [9.17, 15) is 5.11 Å². The van der Waals surface area contributed by atoms with Crippen molar-refractivity contribution in [3.63, 3.8) is 0 Å². The Hall–Kier alpha value is -2.50. The van der Waals surface area contributed by atoms with Crippen molar-refractivity contribution in [3.05, 3.63) is 77.4 Å². The van der Waals surface area contributed by atoms with Gasteiger partial charge in [0, 0.05) is 11.1 Å². The minimum Gasteiger partial charge on any atom is -0.373 e. The molecular weight excluding hydrogens is 312 g/mol. The molecule has 5 nitrogen and oxygen atoms in total. The molecule has 0 spiro atoms. The third-order valence-electron chi connectivity index (χ3n) is 3.85. The number of nitrogens with zero attached hydrogens (tertiary/aromatic N) is 4. The number of aliphatic imine (C=N–C) groups is 1. The molecule has 23 heavy (non-hydrogen) atoms. The van der Waals surface area contributed by atoms with Crippen LogP contribution >= 0.6 is 11.6 Å². The topological polar surface area (TPSA) is 63.3 Å². The van der Waals surface area contributed by atoms with Crippen molar-refractivity contribution < 1.29 is 5.11 Å². The molecule has 3 aromatic rings. The third-order valence-corrected chi connectivity index (χ3v) is 4.11. The van der Waals surface area contributed by atoms with E-state index in [2.05, 4.69) is 10.2 Å². The second-order valence-corrected chi connectivity index (χ2v) is 5.67. The SMILES string of the molecule is OC(Cl)c1ccc2c(c1)C(c1ccccc1)=NCc1nncn1-2. The number of aromatic nitrogens is 3. The molecule has 1 aliphatic rings. The fourth-order valence-electron chi connectivity index (χ4n) is 2.75. The highest BCUT2D eigenvalue weighted by Crippen LogP contribution is 2.28. The average molecular weight is 325 g/mol. The quantitative estimate of drug-likeness (QED) is 0.737. The van der Waals surface area contributed by atoms with E-state index in [4.69, 9.17) is 16.6 Å². The largest absolute Gasteiger partial charge is 0.373 e. The van der Waals surface area contributed by atoms with E-state index in [0.717, 1.165) is 28.4 Å². The predicted molar refractivity (Wildman–Crippen MR) is 88.0 cm³/mol. The van der Waals surface area contributed by atoms with Crippen LogP contribution in [-0.2, 0) is 6.54 Å². The molecule has 1 atom stereocenters. The van der Waals surface area contributed by atoms with Crippen LogP contribution in [0.5, 0.6) is 0 Å². The Balaban J connectivity index is 1.97. The van der Waals surface area contributed by atoms with Crippen molar-refractivity contribution in [2.45, 2.75) is 12.1 Å².